The molecule has 1 aromatic carbocycles. The molecule has 0 aliphatic heterocycles. The number of hydrogen-bond acceptors (Lipinski definition) is 3. The van der Waals surface area contributed by atoms with Crippen LogP contribution in [0.3, 0.4) is 0 Å². The number of carbonyl (C=O) groups is 1. The Balaban J connectivity index is 0.00000180. The average Bonchev–Trinajstić information content (AvgIpc) is 2.71. The predicted octanol–water partition coefficient (Wildman–Crippen LogP) is 3.59. The Hall–Kier alpha value is -2.03. The van der Waals surface area contributed by atoms with Gasteiger partial charge < -0.3 is 10.2 Å². The first kappa shape index (κ1) is 12.4. The third kappa shape index (κ3) is 2.16. The average molecular weight is 245 g/mol. The van der Waals surface area contributed by atoms with Crippen LogP contribution in [0.4, 0.5) is 0 Å². The molecule has 3 heteroatoms. The molecule has 2 N–H and O–H groups in total. The van der Waals surface area contributed by atoms with Gasteiger partial charge in [-0.2, -0.15) is 0 Å². The number of benzene rings is 1. The van der Waals surface area contributed by atoms with E-state index < -0.39 is 0 Å². The smallest absolute Gasteiger partial charge is 0.158 e. The van der Waals surface area contributed by atoms with E-state index in [0.29, 0.717) is 17.0 Å². The van der Waals surface area contributed by atoms with Gasteiger partial charge in [0, 0.05) is 12.4 Å². The third-order valence-electron chi connectivity index (χ3n) is 2.94. The summed E-state index contributed by atoms with van der Waals surface area (Å²) in [5, 5.41) is 0.988. The summed E-state index contributed by atoms with van der Waals surface area (Å²) in [6, 6.07) is 9.56. The minimum atomic E-state index is -0.0112. The van der Waals surface area contributed by atoms with Crippen LogP contribution in [0, 0.1) is 5.92 Å². The molecule has 0 radical (unpaired) electrons. The standard InChI is InChI=1S/C15H17NO2.H2/c1-9(2)14(10(3)17)15(16)13-8-11-6-4-5-7-12(11)18-13;/h4-9H,16H2,1-3H3;1H/b15-14-;. The number of para-hydroxylation sites is 1. The van der Waals surface area contributed by atoms with Gasteiger partial charge in [0.15, 0.2) is 11.5 Å². The highest BCUT2D eigenvalue weighted by Gasteiger charge is 2.17. The molecule has 18 heavy (non-hydrogen) atoms. The Morgan fingerprint density at radius 2 is 2.00 bits per heavy atom. The monoisotopic (exact) mass is 245 g/mol. The van der Waals surface area contributed by atoms with Crippen molar-refractivity contribution in [1.82, 2.24) is 0 Å². The zero-order valence-corrected chi connectivity index (χ0v) is 10.9. The predicted molar refractivity (Wildman–Crippen MR) is 75.0 cm³/mol. The molecule has 96 valence electrons. The molecule has 0 bridgehead atoms. The number of nitrogens with two attached hydrogens (primary N) is 1. The second kappa shape index (κ2) is 4.69. The molecule has 1 aromatic heterocycles. The summed E-state index contributed by atoms with van der Waals surface area (Å²) < 4.78 is 5.68. The molecule has 0 saturated heterocycles. The number of carbonyl (C=O) groups excluding carboxylic acids is 1. The fourth-order valence-corrected chi connectivity index (χ4v) is 2.15. The lowest BCUT2D eigenvalue weighted by Crippen LogP contribution is -2.12. The Morgan fingerprint density at radius 1 is 1.33 bits per heavy atom. The molecule has 2 aromatic rings. The summed E-state index contributed by atoms with van der Waals surface area (Å²) in [5.74, 6) is 0.633. The largest absolute Gasteiger partial charge is 0.455 e. The molecule has 0 aliphatic rings. The van der Waals surface area contributed by atoms with Gasteiger partial charge in [0.1, 0.15) is 5.58 Å². The van der Waals surface area contributed by atoms with Crippen LogP contribution in [0.2, 0.25) is 0 Å². The van der Waals surface area contributed by atoms with Crippen molar-refractivity contribution in [3.63, 3.8) is 0 Å². The van der Waals surface area contributed by atoms with E-state index >= 15 is 0 Å². The minimum absolute atomic E-state index is 0. The Kier molecular flexibility index (Phi) is 3.24. The fraction of sp³-hybridized carbons (Fsp3) is 0.267. The second-order valence-corrected chi connectivity index (χ2v) is 4.69. The van der Waals surface area contributed by atoms with Gasteiger partial charge >= 0.3 is 0 Å². The van der Waals surface area contributed by atoms with Gasteiger partial charge in [0.25, 0.3) is 0 Å². The van der Waals surface area contributed by atoms with Gasteiger partial charge in [-0.05, 0) is 25.0 Å². The Bertz CT molecular complexity index is 593. The number of fused-ring (bicyclic) bond motifs is 1. The van der Waals surface area contributed by atoms with E-state index in [4.69, 9.17) is 10.2 Å². The van der Waals surface area contributed by atoms with Crippen LogP contribution in [-0.2, 0) is 4.79 Å². The van der Waals surface area contributed by atoms with Crippen molar-refractivity contribution in [2.24, 2.45) is 11.7 Å². The van der Waals surface area contributed by atoms with Crippen molar-refractivity contribution in [1.29, 1.82) is 0 Å². The number of Topliss-reactive ketones (excluding diaryl/α,β-unsaturated/α-hetero) is 1. The maximum atomic E-state index is 11.6. The molecule has 0 spiro atoms. The molecule has 0 saturated carbocycles. The summed E-state index contributed by atoms with van der Waals surface area (Å²) in [7, 11) is 0. The lowest BCUT2D eigenvalue weighted by molar-refractivity contribution is -0.114. The molecular formula is C15H19NO2. The highest BCUT2D eigenvalue weighted by molar-refractivity contribution is 6.01. The minimum Gasteiger partial charge on any atom is -0.455 e. The van der Waals surface area contributed by atoms with Crippen LogP contribution in [-0.4, -0.2) is 5.78 Å². The number of hydrogen-bond donors (Lipinski definition) is 1. The first-order valence-corrected chi connectivity index (χ1v) is 6.00. The summed E-state index contributed by atoms with van der Waals surface area (Å²) in [6.07, 6.45) is 0. The van der Waals surface area contributed by atoms with Crippen LogP contribution >= 0.6 is 0 Å². The van der Waals surface area contributed by atoms with E-state index in [1.807, 2.05) is 44.2 Å². The van der Waals surface area contributed by atoms with E-state index in [1.54, 1.807) is 0 Å². The first-order chi connectivity index (χ1) is 8.50. The van der Waals surface area contributed by atoms with E-state index in [9.17, 15) is 4.79 Å². The number of furan rings is 1. The number of ketones is 1. The number of rotatable bonds is 3. The highest BCUT2D eigenvalue weighted by Crippen LogP contribution is 2.26. The van der Waals surface area contributed by atoms with Crippen LogP contribution in [0.5, 0.6) is 0 Å². The van der Waals surface area contributed by atoms with Crippen molar-refractivity contribution >= 4 is 22.4 Å². The summed E-state index contributed by atoms with van der Waals surface area (Å²) in [6.45, 7) is 5.43. The van der Waals surface area contributed by atoms with Crippen molar-refractivity contribution in [3.05, 3.63) is 41.7 Å². The summed E-state index contributed by atoms with van der Waals surface area (Å²) >= 11 is 0. The molecular weight excluding hydrogens is 226 g/mol. The second-order valence-electron chi connectivity index (χ2n) is 4.69. The van der Waals surface area contributed by atoms with Crippen molar-refractivity contribution in [2.75, 3.05) is 0 Å². The van der Waals surface area contributed by atoms with E-state index in [-0.39, 0.29) is 13.1 Å². The summed E-state index contributed by atoms with van der Waals surface area (Å²) in [4.78, 5) is 11.6. The topological polar surface area (TPSA) is 56.2 Å². The van der Waals surface area contributed by atoms with E-state index in [2.05, 4.69) is 0 Å². The SMILES string of the molecule is CC(=O)/C(=C(\N)c1cc2ccccc2o1)C(C)C.[HH]. The summed E-state index contributed by atoms with van der Waals surface area (Å²) in [5.41, 5.74) is 7.91. The Morgan fingerprint density at radius 3 is 2.56 bits per heavy atom. The van der Waals surface area contributed by atoms with E-state index in [0.717, 1.165) is 11.0 Å². The van der Waals surface area contributed by atoms with Crippen LogP contribution in [0.25, 0.3) is 16.7 Å². The van der Waals surface area contributed by atoms with Gasteiger partial charge in [0.2, 0.25) is 0 Å². The molecule has 0 atom stereocenters. The zero-order chi connectivity index (χ0) is 13.3. The van der Waals surface area contributed by atoms with Crippen LogP contribution < -0.4 is 5.73 Å². The molecule has 0 fully saturated rings. The molecule has 3 nitrogen and oxygen atoms in total. The molecule has 0 aliphatic carbocycles. The fourth-order valence-electron chi connectivity index (χ4n) is 2.15. The Labute approximate surface area is 108 Å². The molecule has 0 unspecified atom stereocenters. The van der Waals surface area contributed by atoms with Crippen molar-refractivity contribution < 1.29 is 10.6 Å². The normalized spacial score (nSPS) is 12.9. The van der Waals surface area contributed by atoms with Crippen LogP contribution in [0.1, 0.15) is 28.0 Å². The highest BCUT2D eigenvalue weighted by atomic mass is 16.3. The number of allylic oxidation sites excluding steroid dienone is 1. The third-order valence-corrected chi connectivity index (χ3v) is 2.94. The van der Waals surface area contributed by atoms with E-state index in [1.165, 1.54) is 6.92 Å². The molecule has 0 amide bonds. The quantitative estimate of drug-likeness (QED) is 0.841. The molecule has 1 heterocycles. The van der Waals surface area contributed by atoms with Gasteiger partial charge in [-0.3, -0.25) is 4.79 Å². The van der Waals surface area contributed by atoms with Gasteiger partial charge in [0.05, 0.1) is 5.70 Å². The van der Waals surface area contributed by atoms with Crippen LogP contribution in [0.15, 0.2) is 40.3 Å². The molecule has 2 rings (SSSR count). The van der Waals surface area contributed by atoms with Gasteiger partial charge in [-0.15, -0.1) is 0 Å². The van der Waals surface area contributed by atoms with Crippen molar-refractivity contribution in [3.8, 4) is 0 Å². The lowest BCUT2D eigenvalue weighted by Gasteiger charge is -2.10. The zero-order valence-electron chi connectivity index (χ0n) is 10.9. The van der Waals surface area contributed by atoms with Crippen molar-refractivity contribution in [2.45, 2.75) is 20.8 Å². The maximum Gasteiger partial charge on any atom is 0.158 e. The first-order valence-electron chi connectivity index (χ1n) is 6.00. The van der Waals surface area contributed by atoms with Gasteiger partial charge in [-0.1, -0.05) is 32.0 Å². The van der Waals surface area contributed by atoms with Gasteiger partial charge in [-0.25, -0.2) is 0 Å². The lowest BCUT2D eigenvalue weighted by atomic mass is 9.96. The maximum absolute atomic E-state index is 11.6.